The Morgan fingerprint density at radius 3 is 2.51 bits per heavy atom. The molecule has 0 radical (unpaired) electrons. The third kappa shape index (κ3) is 4.80. The summed E-state index contributed by atoms with van der Waals surface area (Å²) >= 11 is 3.50. The van der Waals surface area contributed by atoms with Gasteiger partial charge < -0.3 is 10.2 Å². The highest BCUT2D eigenvalue weighted by atomic mass is 79.9. The molecule has 0 fully saturated rings. The van der Waals surface area contributed by atoms with Crippen molar-refractivity contribution in [3.8, 4) is 5.69 Å². The second-order valence-corrected chi connectivity index (χ2v) is 11.4. The minimum absolute atomic E-state index is 0.109. The molecule has 0 spiro atoms. The fourth-order valence-electron chi connectivity index (χ4n) is 5.23. The second kappa shape index (κ2) is 10.4. The number of carbonyl (C=O) groups excluding carboxylic acids is 2. The van der Waals surface area contributed by atoms with Crippen LogP contribution >= 0.6 is 15.9 Å². The predicted octanol–water partition coefficient (Wildman–Crippen LogP) is 4.70. The molecule has 8 nitrogen and oxygen atoms in total. The number of benzene rings is 2. The highest BCUT2D eigenvalue weighted by molar-refractivity contribution is 9.10. The van der Waals surface area contributed by atoms with Gasteiger partial charge >= 0.3 is 0 Å². The lowest BCUT2D eigenvalue weighted by molar-refractivity contribution is 0.0651. The van der Waals surface area contributed by atoms with Gasteiger partial charge in [0.25, 0.3) is 17.4 Å². The summed E-state index contributed by atoms with van der Waals surface area (Å²) in [6, 6.07) is 12.2. The number of nitrogens with zero attached hydrogens (tertiary/aromatic N) is 4. The van der Waals surface area contributed by atoms with E-state index in [0.29, 0.717) is 52.1 Å². The first-order chi connectivity index (χ1) is 19.0. The summed E-state index contributed by atoms with van der Waals surface area (Å²) in [5.74, 6) is -0.102. The van der Waals surface area contributed by atoms with Gasteiger partial charge in [0.15, 0.2) is 0 Å². The first kappa shape index (κ1) is 25.6. The van der Waals surface area contributed by atoms with E-state index in [-0.39, 0.29) is 42.1 Å². The SMILES string of the molecule is [2H]c1nn2c3c(c(=O)n(-c4ccc(C(=O)NC)cc4)c2c1CC(C)C)C[C@H](C)N(C(=O)c1ccc(Br)c(C)c1)C3. The molecule has 0 aliphatic carbocycles. The number of aromatic nitrogens is 3. The third-order valence-corrected chi connectivity index (χ3v) is 8.17. The average molecular weight is 592 g/mol. The summed E-state index contributed by atoms with van der Waals surface area (Å²) in [5.41, 5.74) is 4.82. The lowest BCUT2D eigenvalue weighted by Crippen LogP contribution is -2.46. The molecule has 0 unspecified atom stereocenters. The molecule has 0 bridgehead atoms. The van der Waals surface area contributed by atoms with Crippen molar-refractivity contribution in [1.29, 1.82) is 0 Å². The van der Waals surface area contributed by atoms with Crippen LogP contribution in [0.15, 0.2) is 57.9 Å². The van der Waals surface area contributed by atoms with Gasteiger partial charge in [-0.2, -0.15) is 5.10 Å². The van der Waals surface area contributed by atoms with Crippen molar-refractivity contribution in [1.82, 2.24) is 24.4 Å². The maximum atomic E-state index is 14.2. The van der Waals surface area contributed by atoms with Gasteiger partial charge in [0, 0.05) is 39.8 Å². The molecule has 3 heterocycles. The van der Waals surface area contributed by atoms with Gasteiger partial charge in [-0.1, -0.05) is 29.8 Å². The van der Waals surface area contributed by atoms with E-state index in [9.17, 15) is 14.4 Å². The number of fused-ring (bicyclic) bond motifs is 3. The Labute approximate surface area is 237 Å². The predicted molar refractivity (Wildman–Crippen MR) is 155 cm³/mol. The molecule has 2 aromatic heterocycles. The molecule has 9 heteroatoms. The fraction of sp³-hybridized carbons (Fsp3) is 0.333. The summed E-state index contributed by atoms with van der Waals surface area (Å²) in [6.07, 6.45) is 1.03. The van der Waals surface area contributed by atoms with Crippen LogP contribution in [-0.2, 0) is 19.4 Å². The molecule has 5 rings (SSSR count). The highest BCUT2D eigenvalue weighted by Crippen LogP contribution is 2.28. The largest absolute Gasteiger partial charge is 0.355 e. The lowest BCUT2D eigenvalue weighted by atomic mass is 9.97. The Morgan fingerprint density at radius 1 is 1.18 bits per heavy atom. The van der Waals surface area contributed by atoms with Gasteiger partial charge in [0.2, 0.25) is 0 Å². The molecule has 0 saturated carbocycles. The van der Waals surface area contributed by atoms with Gasteiger partial charge in [-0.3, -0.25) is 19.0 Å². The van der Waals surface area contributed by atoms with E-state index in [2.05, 4.69) is 40.2 Å². The zero-order valence-corrected chi connectivity index (χ0v) is 24.3. The number of nitrogens with one attached hydrogen (secondary N) is 1. The van der Waals surface area contributed by atoms with E-state index >= 15 is 0 Å². The van der Waals surface area contributed by atoms with Gasteiger partial charge in [0.1, 0.15) is 5.65 Å². The Kier molecular flexibility index (Phi) is 6.85. The molecule has 1 aliphatic heterocycles. The van der Waals surface area contributed by atoms with Crippen LogP contribution in [0.25, 0.3) is 11.3 Å². The molecule has 39 heavy (non-hydrogen) atoms. The average Bonchev–Trinajstić information content (AvgIpc) is 3.24. The van der Waals surface area contributed by atoms with Crippen LogP contribution in [0, 0.1) is 12.8 Å². The normalized spacial score (nSPS) is 15.4. The zero-order chi connectivity index (χ0) is 28.9. The summed E-state index contributed by atoms with van der Waals surface area (Å²) in [5, 5.41) is 7.21. The summed E-state index contributed by atoms with van der Waals surface area (Å²) in [6.45, 7) is 8.21. The van der Waals surface area contributed by atoms with Crippen molar-refractivity contribution in [2.45, 2.75) is 53.1 Å². The van der Waals surface area contributed by atoms with Crippen molar-refractivity contribution in [2.24, 2.45) is 5.92 Å². The summed E-state index contributed by atoms with van der Waals surface area (Å²) in [7, 11) is 1.57. The summed E-state index contributed by atoms with van der Waals surface area (Å²) < 4.78 is 12.9. The van der Waals surface area contributed by atoms with Crippen LogP contribution in [0.3, 0.4) is 0 Å². The van der Waals surface area contributed by atoms with E-state index < -0.39 is 0 Å². The van der Waals surface area contributed by atoms with E-state index in [0.717, 1.165) is 10.0 Å². The van der Waals surface area contributed by atoms with Gasteiger partial charge in [0.05, 0.1) is 25.5 Å². The van der Waals surface area contributed by atoms with Crippen LogP contribution in [0.4, 0.5) is 0 Å². The Hall–Kier alpha value is -3.72. The molecular weight excluding hydrogens is 558 g/mol. The Morgan fingerprint density at radius 2 is 1.87 bits per heavy atom. The summed E-state index contributed by atoms with van der Waals surface area (Å²) in [4.78, 5) is 41.7. The molecule has 0 saturated heterocycles. The first-order valence-electron chi connectivity index (χ1n) is 13.6. The number of halogens is 1. The molecule has 2 aromatic carbocycles. The number of hydrogen-bond donors (Lipinski definition) is 1. The van der Waals surface area contributed by atoms with Crippen LogP contribution in [0.1, 0.15) is 65.2 Å². The van der Waals surface area contributed by atoms with Crippen LogP contribution < -0.4 is 10.9 Å². The van der Waals surface area contributed by atoms with E-state index in [1.54, 1.807) is 51.4 Å². The molecule has 4 aromatic rings. The van der Waals surface area contributed by atoms with Crippen molar-refractivity contribution in [2.75, 3.05) is 7.05 Å². The monoisotopic (exact) mass is 590 g/mol. The highest BCUT2D eigenvalue weighted by Gasteiger charge is 2.33. The van der Waals surface area contributed by atoms with Gasteiger partial charge in [-0.15, -0.1) is 0 Å². The number of carbonyl (C=O) groups is 2. The van der Waals surface area contributed by atoms with Crippen LogP contribution in [0.2, 0.25) is 0 Å². The Bertz CT molecular complexity index is 1710. The molecule has 1 N–H and O–H groups in total. The maximum absolute atomic E-state index is 14.2. The minimum Gasteiger partial charge on any atom is -0.355 e. The molecule has 1 aliphatic rings. The third-order valence-electron chi connectivity index (χ3n) is 7.28. The minimum atomic E-state index is -0.223. The second-order valence-electron chi connectivity index (χ2n) is 10.6. The lowest BCUT2D eigenvalue weighted by Gasteiger charge is -2.35. The number of amides is 2. The molecule has 1 atom stereocenters. The van der Waals surface area contributed by atoms with Gasteiger partial charge in [-0.05, 0) is 80.6 Å². The molecular formula is C30H32BrN5O3. The zero-order valence-electron chi connectivity index (χ0n) is 23.7. The quantitative estimate of drug-likeness (QED) is 0.365. The molecule has 202 valence electrons. The van der Waals surface area contributed by atoms with E-state index in [1.165, 1.54) is 0 Å². The number of hydrogen-bond acceptors (Lipinski definition) is 4. The van der Waals surface area contributed by atoms with Crippen molar-refractivity contribution in [3.05, 3.63) is 97.0 Å². The smallest absolute Gasteiger partial charge is 0.261 e. The van der Waals surface area contributed by atoms with Crippen LogP contribution in [-0.4, -0.2) is 44.0 Å². The number of aryl methyl sites for hydroxylation is 1. The van der Waals surface area contributed by atoms with E-state index in [1.807, 2.05) is 26.0 Å². The van der Waals surface area contributed by atoms with Crippen molar-refractivity contribution < 1.29 is 11.0 Å². The van der Waals surface area contributed by atoms with Crippen molar-refractivity contribution in [3.63, 3.8) is 0 Å². The maximum Gasteiger partial charge on any atom is 0.261 e. The standard InChI is InChI=1S/C30H32BrN5O3/c1-17(2)12-22-15-33-36-26-16-34(29(38)21-8-11-25(31)18(3)13-21)19(4)14-24(26)30(39)35(28(22)36)23-9-6-20(7-10-23)27(37)32-5/h6-11,13,15,17,19H,12,14,16H2,1-5H3,(H,32,37)/t19-/m0/s1/i15D. The topological polar surface area (TPSA) is 88.7 Å². The fourth-order valence-corrected chi connectivity index (χ4v) is 5.48. The Balaban J connectivity index is 1.70. The van der Waals surface area contributed by atoms with Gasteiger partial charge in [-0.25, -0.2) is 4.52 Å². The molecule has 2 amide bonds. The van der Waals surface area contributed by atoms with Crippen molar-refractivity contribution >= 4 is 33.4 Å². The van der Waals surface area contributed by atoms with E-state index in [4.69, 9.17) is 1.37 Å². The first-order valence-corrected chi connectivity index (χ1v) is 13.9. The van der Waals surface area contributed by atoms with Crippen LogP contribution in [0.5, 0.6) is 0 Å². The number of rotatable bonds is 5.